The van der Waals surface area contributed by atoms with Crippen LogP contribution in [0.15, 0.2) is 94.0 Å². The van der Waals surface area contributed by atoms with Gasteiger partial charge < -0.3 is 21.5 Å². The molecule has 0 aliphatic heterocycles. The number of fused-ring (bicyclic) bond motifs is 1. The number of phenolic OH excluding ortho intramolecular Hbond substituents is 1. The van der Waals surface area contributed by atoms with E-state index in [0.29, 0.717) is 11.4 Å². The zero-order valence-corrected chi connectivity index (χ0v) is 21.4. The summed E-state index contributed by atoms with van der Waals surface area (Å²) in [5, 5.41) is 24.6. The number of rotatable bonds is 7. The van der Waals surface area contributed by atoms with Crippen molar-refractivity contribution in [2.24, 2.45) is 10.2 Å². The number of aromatic hydroxyl groups is 1. The first kappa shape index (κ1) is 25.8. The van der Waals surface area contributed by atoms with Crippen molar-refractivity contribution in [2.45, 2.75) is 4.90 Å². The lowest BCUT2D eigenvalue weighted by molar-refractivity contribution is 0.481. The van der Waals surface area contributed by atoms with Gasteiger partial charge in [-0.05, 0) is 60.1 Å². The molecule has 0 aliphatic carbocycles. The van der Waals surface area contributed by atoms with Crippen molar-refractivity contribution >= 4 is 72.8 Å². The van der Waals surface area contributed by atoms with Crippen LogP contribution in [-0.4, -0.2) is 33.0 Å². The number of anilines is 5. The lowest BCUT2D eigenvalue weighted by Gasteiger charge is -2.10. The summed E-state index contributed by atoms with van der Waals surface area (Å²) in [6.07, 6.45) is 0. The molecule has 0 bridgehead atoms. The summed E-state index contributed by atoms with van der Waals surface area (Å²) in [6.45, 7) is 0. The van der Waals surface area contributed by atoms with Crippen molar-refractivity contribution < 1.29 is 18.1 Å². The molecule has 0 spiro atoms. The highest BCUT2D eigenvalue weighted by Crippen LogP contribution is 2.41. The summed E-state index contributed by atoms with van der Waals surface area (Å²) >= 11 is 6.06. The van der Waals surface area contributed by atoms with E-state index in [4.69, 9.17) is 17.3 Å². The van der Waals surface area contributed by atoms with Crippen LogP contribution in [0.1, 0.15) is 0 Å². The summed E-state index contributed by atoms with van der Waals surface area (Å²) in [6, 6.07) is 21.3. The molecule has 0 saturated carbocycles. The Morgan fingerprint density at radius 3 is 2.10 bits per heavy atom. The van der Waals surface area contributed by atoms with E-state index < -0.39 is 15.0 Å². The minimum atomic E-state index is -4.63. The second-order valence-corrected chi connectivity index (χ2v) is 9.82. The standard InChI is InChI=1S/C25H19ClN8O4S/c26-23-30-24(28-14-5-2-1-3-6-14)32-25(31-23)29-15-9-11-16(12-10-15)33-34-18-13-20(39(36,37)38)17-7-4-8-19(35)21(17)22(18)27/h1-13,35H,27H2,(H,36,37,38)(H2,28,29,30,31,32). The van der Waals surface area contributed by atoms with Crippen LogP contribution in [0.2, 0.25) is 5.28 Å². The van der Waals surface area contributed by atoms with Gasteiger partial charge in [0.25, 0.3) is 10.1 Å². The monoisotopic (exact) mass is 562 g/mol. The molecule has 14 heteroatoms. The van der Waals surface area contributed by atoms with Crippen molar-refractivity contribution in [3.05, 3.63) is 84.1 Å². The number of hydrogen-bond acceptors (Lipinski definition) is 11. The largest absolute Gasteiger partial charge is 0.507 e. The number of nitrogens with one attached hydrogen (secondary N) is 2. The fourth-order valence-corrected chi connectivity index (χ4v) is 4.57. The van der Waals surface area contributed by atoms with Crippen LogP contribution >= 0.6 is 11.6 Å². The van der Waals surface area contributed by atoms with Crippen molar-refractivity contribution in [3.8, 4) is 5.75 Å². The molecular formula is C25H19ClN8O4S. The van der Waals surface area contributed by atoms with Gasteiger partial charge in [-0.25, -0.2) is 0 Å². The zero-order valence-electron chi connectivity index (χ0n) is 19.8. The Morgan fingerprint density at radius 1 is 0.821 bits per heavy atom. The molecule has 0 saturated heterocycles. The number of halogens is 1. The van der Waals surface area contributed by atoms with Crippen molar-refractivity contribution in [1.29, 1.82) is 0 Å². The molecule has 196 valence electrons. The molecule has 0 fully saturated rings. The maximum atomic E-state index is 11.9. The van der Waals surface area contributed by atoms with Crippen molar-refractivity contribution in [2.75, 3.05) is 16.4 Å². The Hall–Kier alpha value is -4.85. The van der Waals surface area contributed by atoms with E-state index in [1.807, 2.05) is 30.3 Å². The summed E-state index contributed by atoms with van der Waals surface area (Å²) < 4.78 is 33.6. The average Bonchev–Trinajstić information content (AvgIpc) is 2.89. The number of nitrogen functional groups attached to an aromatic ring is 1. The first-order valence-electron chi connectivity index (χ1n) is 11.2. The van der Waals surface area contributed by atoms with E-state index in [1.54, 1.807) is 24.3 Å². The van der Waals surface area contributed by atoms with E-state index in [0.717, 1.165) is 11.8 Å². The van der Waals surface area contributed by atoms with Gasteiger partial charge in [0.05, 0.1) is 16.8 Å². The molecule has 39 heavy (non-hydrogen) atoms. The molecule has 12 nitrogen and oxygen atoms in total. The summed E-state index contributed by atoms with van der Waals surface area (Å²) in [4.78, 5) is 12.0. The fraction of sp³-hybridized carbons (Fsp3) is 0. The molecule has 4 aromatic carbocycles. The van der Waals surface area contributed by atoms with Crippen LogP contribution in [0.4, 0.5) is 40.3 Å². The molecule has 5 rings (SSSR count). The van der Waals surface area contributed by atoms with Crippen LogP contribution in [0.3, 0.4) is 0 Å². The van der Waals surface area contributed by atoms with Crippen LogP contribution in [0, 0.1) is 0 Å². The van der Waals surface area contributed by atoms with Crippen LogP contribution < -0.4 is 16.4 Å². The number of aromatic nitrogens is 3. The molecule has 5 aromatic rings. The second-order valence-electron chi connectivity index (χ2n) is 8.10. The van der Waals surface area contributed by atoms with Gasteiger partial charge in [0.2, 0.25) is 17.2 Å². The normalized spacial score (nSPS) is 11.6. The summed E-state index contributed by atoms with van der Waals surface area (Å²) in [5.74, 6) is 0.213. The first-order valence-corrected chi connectivity index (χ1v) is 13.0. The quantitative estimate of drug-likeness (QED) is 0.0878. The van der Waals surface area contributed by atoms with E-state index >= 15 is 0 Å². The van der Waals surface area contributed by atoms with Gasteiger partial charge in [-0.3, -0.25) is 4.55 Å². The van der Waals surface area contributed by atoms with Gasteiger partial charge in [0, 0.05) is 16.8 Å². The zero-order chi connectivity index (χ0) is 27.6. The molecule has 0 amide bonds. The Kier molecular flexibility index (Phi) is 6.94. The third-order valence-electron chi connectivity index (χ3n) is 5.43. The highest BCUT2D eigenvalue weighted by atomic mass is 35.5. The van der Waals surface area contributed by atoms with Crippen LogP contribution in [-0.2, 0) is 10.1 Å². The van der Waals surface area contributed by atoms with Crippen LogP contribution in [0.25, 0.3) is 10.8 Å². The molecule has 0 atom stereocenters. The smallest absolute Gasteiger partial charge is 0.295 e. The predicted octanol–water partition coefficient (Wildman–Crippen LogP) is 6.12. The minimum absolute atomic E-state index is 0.000348. The van der Waals surface area contributed by atoms with Gasteiger partial charge in [0.1, 0.15) is 16.3 Å². The maximum absolute atomic E-state index is 11.9. The number of benzene rings is 4. The molecule has 1 aromatic heterocycles. The molecule has 6 N–H and O–H groups in total. The number of hydrogen-bond donors (Lipinski definition) is 5. The van der Waals surface area contributed by atoms with Crippen molar-refractivity contribution in [1.82, 2.24) is 15.0 Å². The first-order chi connectivity index (χ1) is 18.7. The van der Waals surface area contributed by atoms with Crippen LogP contribution in [0.5, 0.6) is 5.75 Å². The SMILES string of the molecule is Nc1c(N=Nc2ccc(Nc3nc(Cl)nc(Nc4ccccc4)n3)cc2)cc(S(=O)(=O)O)c2cccc(O)c12. The van der Waals surface area contributed by atoms with Gasteiger partial charge >= 0.3 is 0 Å². The second kappa shape index (κ2) is 10.5. The number of phenols is 1. The average molecular weight is 563 g/mol. The number of para-hydroxylation sites is 1. The van der Waals surface area contributed by atoms with Gasteiger partial charge in [-0.15, -0.1) is 5.11 Å². The Balaban J connectivity index is 1.38. The topological polar surface area (TPSA) is 188 Å². The van der Waals surface area contributed by atoms with Crippen molar-refractivity contribution in [3.63, 3.8) is 0 Å². The lowest BCUT2D eigenvalue weighted by Crippen LogP contribution is -2.03. The molecular weight excluding hydrogens is 544 g/mol. The molecule has 0 aliphatic rings. The third kappa shape index (κ3) is 5.85. The highest BCUT2D eigenvalue weighted by molar-refractivity contribution is 7.86. The van der Waals surface area contributed by atoms with Gasteiger partial charge in [-0.1, -0.05) is 30.3 Å². The Labute approximate surface area is 227 Å². The lowest BCUT2D eigenvalue weighted by atomic mass is 10.1. The maximum Gasteiger partial charge on any atom is 0.295 e. The van der Waals surface area contributed by atoms with E-state index in [2.05, 4.69) is 35.8 Å². The Morgan fingerprint density at radius 2 is 1.46 bits per heavy atom. The summed E-state index contributed by atoms with van der Waals surface area (Å²) in [5.41, 5.74) is 7.91. The third-order valence-corrected chi connectivity index (χ3v) is 6.50. The highest BCUT2D eigenvalue weighted by Gasteiger charge is 2.20. The summed E-state index contributed by atoms with van der Waals surface area (Å²) in [7, 11) is -4.63. The number of nitrogens with two attached hydrogens (primary N) is 1. The van der Waals surface area contributed by atoms with Gasteiger partial charge in [0.15, 0.2) is 0 Å². The van der Waals surface area contributed by atoms with E-state index in [1.165, 1.54) is 18.2 Å². The van der Waals surface area contributed by atoms with Gasteiger partial charge in [-0.2, -0.15) is 28.5 Å². The van der Waals surface area contributed by atoms with E-state index in [9.17, 15) is 18.1 Å². The number of azo groups is 1. The minimum Gasteiger partial charge on any atom is -0.507 e. The molecule has 0 radical (unpaired) electrons. The molecule has 1 heterocycles. The Bertz CT molecular complexity index is 1820. The predicted molar refractivity (Wildman–Crippen MR) is 148 cm³/mol. The number of nitrogens with zero attached hydrogens (tertiary/aromatic N) is 5. The van der Waals surface area contributed by atoms with E-state index in [-0.39, 0.29) is 45.1 Å². The molecule has 0 unspecified atom stereocenters. The fourth-order valence-electron chi connectivity index (χ4n) is 3.70.